The van der Waals surface area contributed by atoms with E-state index >= 15 is 0 Å². The lowest BCUT2D eigenvalue weighted by atomic mass is 9.98. The summed E-state index contributed by atoms with van der Waals surface area (Å²) < 4.78 is 11.3. The SMILES string of the molecule is Cc1coc2c(C)c3oc(=O)c(CC(=O)NC(C(=O)NC(C(=O)O)C(C)C)c4ccccc4)c(C)c3cc12. The average molecular weight is 519 g/mol. The first-order valence-electron chi connectivity index (χ1n) is 12.3. The van der Waals surface area contributed by atoms with Gasteiger partial charge in [0, 0.05) is 16.3 Å². The summed E-state index contributed by atoms with van der Waals surface area (Å²) in [7, 11) is 0. The molecule has 2 heterocycles. The predicted molar refractivity (Wildman–Crippen MR) is 142 cm³/mol. The van der Waals surface area contributed by atoms with Crippen molar-refractivity contribution in [1.82, 2.24) is 10.6 Å². The van der Waals surface area contributed by atoms with E-state index in [0.29, 0.717) is 33.2 Å². The minimum Gasteiger partial charge on any atom is -0.480 e. The molecular formula is C29H30N2O7. The first-order valence-corrected chi connectivity index (χ1v) is 12.3. The van der Waals surface area contributed by atoms with Crippen LogP contribution in [-0.4, -0.2) is 28.9 Å². The molecule has 0 aliphatic heterocycles. The van der Waals surface area contributed by atoms with Gasteiger partial charge in [-0.1, -0.05) is 44.2 Å². The molecule has 38 heavy (non-hydrogen) atoms. The van der Waals surface area contributed by atoms with Crippen LogP contribution in [0.25, 0.3) is 21.9 Å². The zero-order chi connectivity index (χ0) is 27.7. The molecule has 2 aromatic heterocycles. The summed E-state index contributed by atoms with van der Waals surface area (Å²) >= 11 is 0. The van der Waals surface area contributed by atoms with Crippen molar-refractivity contribution >= 4 is 39.7 Å². The van der Waals surface area contributed by atoms with Gasteiger partial charge in [-0.05, 0) is 49.4 Å². The largest absolute Gasteiger partial charge is 0.480 e. The van der Waals surface area contributed by atoms with Gasteiger partial charge in [0.1, 0.15) is 23.2 Å². The number of hydrogen-bond acceptors (Lipinski definition) is 6. The molecule has 2 aromatic carbocycles. The minimum atomic E-state index is -1.17. The zero-order valence-electron chi connectivity index (χ0n) is 21.9. The molecule has 0 aliphatic carbocycles. The smallest absolute Gasteiger partial charge is 0.340 e. The van der Waals surface area contributed by atoms with Crippen LogP contribution in [0.5, 0.6) is 0 Å². The van der Waals surface area contributed by atoms with E-state index in [1.54, 1.807) is 57.4 Å². The number of rotatable bonds is 8. The van der Waals surface area contributed by atoms with Crippen molar-refractivity contribution in [3.63, 3.8) is 0 Å². The Labute approximate surface area is 218 Å². The summed E-state index contributed by atoms with van der Waals surface area (Å²) in [5.74, 6) is -2.80. The second kappa shape index (κ2) is 10.5. The molecule has 2 unspecified atom stereocenters. The number of carboxylic acid groups (broad SMARTS) is 1. The highest BCUT2D eigenvalue weighted by Gasteiger charge is 2.30. The second-order valence-corrected chi connectivity index (χ2v) is 9.82. The third-order valence-corrected chi connectivity index (χ3v) is 6.80. The zero-order valence-corrected chi connectivity index (χ0v) is 21.9. The fraction of sp³-hybridized carbons (Fsp3) is 0.310. The highest BCUT2D eigenvalue weighted by Crippen LogP contribution is 2.32. The molecule has 9 heteroatoms. The van der Waals surface area contributed by atoms with E-state index in [1.165, 1.54) is 0 Å². The number of benzene rings is 2. The number of aliphatic carboxylic acids is 1. The van der Waals surface area contributed by atoms with Gasteiger partial charge in [-0.25, -0.2) is 9.59 Å². The number of carbonyl (C=O) groups excluding carboxylic acids is 2. The van der Waals surface area contributed by atoms with Gasteiger partial charge < -0.3 is 24.6 Å². The lowest BCUT2D eigenvalue weighted by molar-refractivity contribution is -0.143. The maximum atomic E-state index is 13.2. The Balaban J connectivity index is 1.66. The first kappa shape index (κ1) is 26.7. The molecule has 4 aromatic rings. The van der Waals surface area contributed by atoms with Crippen molar-refractivity contribution in [3.05, 3.63) is 80.9 Å². The number of carboxylic acids is 1. The lowest BCUT2D eigenvalue weighted by Crippen LogP contribution is -2.49. The molecule has 3 N–H and O–H groups in total. The fourth-order valence-corrected chi connectivity index (χ4v) is 4.59. The quantitative estimate of drug-likeness (QED) is 0.299. The van der Waals surface area contributed by atoms with Crippen molar-refractivity contribution in [2.45, 2.75) is 53.1 Å². The van der Waals surface area contributed by atoms with Gasteiger partial charge in [-0.15, -0.1) is 0 Å². The number of fused-ring (bicyclic) bond motifs is 2. The van der Waals surface area contributed by atoms with Gasteiger partial charge in [-0.2, -0.15) is 0 Å². The average Bonchev–Trinajstić information content (AvgIpc) is 3.25. The summed E-state index contributed by atoms with van der Waals surface area (Å²) in [6.45, 7) is 8.84. The number of hydrogen-bond donors (Lipinski definition) is 3. The first-order chi connectivity index (χ1) is 18.0. The van der Waals surface area contributed by atoms with Gasteiger partial charge in [0.2, 0.25) is 11.8 Å². The van der Waals surface area contributed by atoms with Crippen LogP contribution in [-0.2, 0) is 20.8 Å². The van der Waals surface area contributed by atoms with Gasteiger partial charge >= 0.3 is 11.6 Å². The van der Waals surface area contributed by atoms with Gasteiger partial charge in [0.15, 0.2) is 0 Å². The van der Waals surface area contributed by atoms with Crippen molar-refractivity contribution in [2.75, 3.05) is 0 Å². The Hall–Kier alpha value is -4.40. The molecule has 2 atom stereocenters. The Morgan fingerprint density at radius 3 is 2.26 bits per heavy atom. The van der Waals surface area contributed by atoms with Crippen LogP contribution in [0.2, 0.25) is 0 Å². The maximum Gasteiger partial charge on any atom is 0.340 e. The summed E-state index contributed by atoms with van der Waals surface area (Å²) in [4.78, 5) is 50.9. The molecule has 4 rings (SSSR count). The molecule has 0 saturated carbocycles. The molecule has 0 aliphatic rings. The highest BCUT2D eigenvalue weighted by molar-refractivity contribution is 6.00. The molecular weight excluding hydrogens is 488 g/mol. The van der Waals surface area contributed by atoms with E-state index in [-0.39, 0.29) is 17.9 Å². The topological polar surface area (TPSA) is 139 Å². The molecule has 0 radical (unpaired) electrons. The summed E-state index contributed by atoms with van der Waals surface area (Å²) in [5, 5.41) is 16.3. The van der Waals surface area contributed by atoms with Crippen LogP contribution in [0, 0.1) is 26.7 Å². The highest BCUT2D eigenvalue weighted by atomic mass is 16.4. The summed E-state index contributed by atoms with van der Waals surface area (Å²) in [6.07, 6.45) is 1.32. The Morgan fingerprint density at radius 2 is 1.63 bits per heavy atom. The van der Waals surface area contributed by atoms with Crippen LogP contribution < -0.4 is 16.3 Å². The number of nitrogens with one attached hydrogen (secondary N) is 2. The van der Waals surface area contributed by atoms with Crippen LogP contribution in [0.15, 0.2) is 56.3 Å². The third-order valence-electron chi connectivity index (χ3n) is 6.80. The van der Waals surface area contributed by atoms with Crippen LogP contribution >= 0.6 is 0 Å². The van der Waals surface area contributed by atoms with Crippen molar-refractivity contribution < 1.29 is 28.3 Å². The summed E-state index contributed by atoms with van der Waals surface area (Å²) in [5.41, 5.74) is 3.27. The molecule has 2 amide bonds. The normalized spacial score (nSPS) is 13.0. The monoisotopic (exact) mass is 518 g/mol. The Morgan fingerprint density at radius 1 is 0.947 bits per heavy atom. The van der Waals surface area contributed by atoms with Crippen LogP contribution in [0.1, 0.15) is 47.7 Å². The standard InChI is InChI=1S/C29H30N2O7/c1-14(2)23(28(34)35)31-27(33)24(18-9-7-6-8-10-18)30-22(32)12-21-16(4)20-11-19-15(3)13-37-25(19)17(5)26(20)38-29(21)36/h6-11,13-14,23-24H,12H2,1-5H3,(H,30,32)(H,31,33)(H,34,35). The van der Waals surface area contributed by atoms with E-state index < -0.39 is 35.5 Å². The summed E-state index contributed by atoms with van der Waals surface area (Å²) in [6, 6.07) is 8.09. The van der Waals surface area contributed by atoms with E-state index in [9.17, 15) is 24.3 Å². The van der Waals surface area contributed by atoms with Crippen molar-refractivity contribution in [1.29, 1.82) is 0 Å². The molecule has 198 valence electrons. The Bertz CT molecular complexity index is 1600. The van der Waals surface area contributed by atoms with E-state index in [1.807, 2.05) is 19.9 Å². The van der Waals surface area contributed by atoms with Crippen LogP contribution in [0.3, 0.4) is 0 Å². The lowest BCUT2D eigenvalue weighted by Gasteiger charge is -2.23. The number of carbonyl (C=O) groups is 3. The fourth-order valence-electron chi connectivity index (χ4n) is 4.59. The predicted octanol–water partition coefficient (Wildman–Crippen LogP) is 4.09. The van der Waals surface area contributed by atoms with Gasteiger partial charge in [-0.3, -0.25) is 9.59 Å². The third kappa shape index (κ3) is 5.04. The van der Waals surface area contributed by atoms with Gasteiger partial charge in [0.25, 0.3) is 0 Å². The number of amides is 2. The van der Waals surface area contributed by atoms with E-state index in [4.69, 9.17) is 8.83 Å². The van der Waals surface area contributed by atoms with E-state index in [0.717, 1.165) is 10.9 Å². The minimum absolute atomic E-state index is 0.174. The van der Waals surface area contributed by atoms with Crippen molar-refractivity contribution in [2.24, 2.45) is 5.92 Å². The van der Waals surface area contributed by atoms with Gasteiger partial charge in [0.05, 0.1) is 18.2 Å². The second-order valence-electron chi connectivity index (χ2n) is 9.82. The maximum absolute atomic E-state index is 13.2. The molecule has 9 nitrogen and oxygen atoms in total. The molecule has 0 spiro atoms. The molecule has 0 saturated heterocycles. The molecule has 0 bridgehead atoms. The number of aryl methyl sites for hydroxylation is 3. The van der Waals surface area contributed by atoms with Crippen molar-refractivity contribution in [3.8, 4) is 0 Å². The Kier molecular flexibility index (Phi) is 7.39. The van der Waals surface area contributed by atoms with E-state index in [2.05, 4.69) is 10.6 Å². The number of furan rings is 1. The molecule has 0 fully saturated rings. The van der Waals surface area contributed by atoms with Crippen LogP contribution in [0.4, 0.5) is 0 Å².